The van der Waals surface area contributed by atoms with Crippen LogP contribution in [0.15, 0.2) is 11.7 Å². The first-order valence-electron chi connectivity index (χ1n) is 4.70. The average Bonchev–Trinajstić information content (AvgIpc) is 2.67. The lowest BCUT2D eigenvalue weighted by atomic mass is 9.97. The quantitative estimate of drug-likeness (QED) is 0.842. The van der Waals surface area contributed by atoms with Crippen molar-refractivity contribution in [2.75, 3.05) is 0 Å². The summed E-state index contributed by atoms with van der Waals surface area (Å²) in [5.41, 5.74) is 1.71. The van der Waals surface area contributed by atoms with E-state index in [1.165, 1.54) is 11.3 Å². The predicted octanol–water partition coefficient (Wildman–Crippen LogP) is 1.56. The van der Waals surface area contributed by atoms with Crippen molar-refractivity contribution >= 4 is 17.2 Å². The van der Waals surface area contributed by atoms with Crippen molar-refractivity contribution in [3.05, 3.63) is 16.6 Å². The zero-order chi connectivity index (χ0) is 11.3. The number of carbonyl (C=O) groups excluding carboxylic acids is 1. The molecule has 1 atom stereocenters. The molecule has 0 aliphatic heterocycles. The van der Waals surface area contributed by atoms with Gasteiger partial charge in [0.05, 0.1) is 18.1 Å². The molecular formula is C10H13N3OS. The number of carbonyl (C=O) groups is 1. The van der Waals surface area contributed by atoms with Gasteiger partial charge in [-0.05, 0) is 5.92 Å². The fourth-order valence-electron chi connectivity index (χ4n) is 1.12. The van der Waals surface area contributed by atoms with Crippen LogP contribution >= 0.6 is 11.3 Å². The molecule has 1 unspecified atom stereocenters. The van der Waals surface area contributed by atoms with Crippen molar-refractivity contribution < 1.29 is 4.79 Å². The van der Waals surface area contributed by atoms with E-state index in [9.17, 15) is 4.79 Å². The average molecular weight is 223 g/mol. The molecule has 4 nitrogen and oxygen atoms in total. The van der Waals surface area contributed by atoms with Gasteiger partial charge in [-0.15, -0.1) is 11.3 Å². The summed E-state index contributed by atoms with van der Waals surface area (Å²) in [5.74, 6) is -0.740. The standard InChI is InChI=1S/C10H13N3OS/c1-7(2)9(3-11)10(14)13-5-8-4-12-6-15-8/h4,6-7,9H,5H2,1-2H3,(H,13,14). The Morgan fingerprint density at radius 2 is 2.47 bits per heavy atom. The lowest BCUT2D eigenvalue weighted by Crippen LogP contribution is -2.32. The van der Waals surface area contributed by atoms with Crippen LogP contribution in [0.5, 0.6) is 0 Å². The largest absolute Gasteiger partial charge is 0.350 e. The molecule has 80 valence electrons. The van der Waals surface area contributed by atoms with Gasteiger partial charge in [-0.25, -0.2) is 0 Å². The number of rotatable bonds is 4. The van der Waals surface area contributed by atoms with Crippen molar-refractivity contribution in [3.8, 4) is 6.07 Å². The number of nitriles is 1. The Kier molecular flexibility index (Phi) is 4.25. The van der Waals surface area contributed by atoms with Gasteiger partial charge in [0.2, 0.25) is 5.91 Å². The summed E-state index contributed by atoms with van der Waals surface area (Å²) in [6, 6.07) is 2.01. The van der Waals surface area contributed by atoms with Crippen LogP contribution in [0, 0.1) is 23.2 Å². The third-order valence-corrected chi connectivity index (χ3v) is 2.79. The monoisotopic (exact) mass is 223 g/mol. The minimum atomic E-state index is -0.571. The molecule has 0 bridgehead atoms. The number of hydrogen-bond acceptors (Lipinski definition) is 4. The van der Waals surface area contributed by atoms with Crippen molar-refractivity contribution in [1.29, 1.82) is 5.26 Å². The maximum Gasteiger partial charge on any atom is 0.237 e. The van der Waals surface area contributed by atoms with E-state index in [1.807, 2.05) is 19.9 Å². The van der Waals surface area contributed by atoms with Crippen LogP contribution in [0.3, 0.4) is 0 Å². The number of amides is 1. The van der Waals surface area contributed by atoms with Gasteiger partial charge in [0.1, 0.15) is 5.92 Å². The number of aromatic nitrogens is 1. The van der Waals surface area contributed by atoms with Crippen LogP contribution in [0.25, 0.3) is 0 Å². The van der Waals surface area contributed by atoms with E-state index >= 15 is 0 Å². The van der Waals surface area contributed by atoms with Crippen molar-refractivity contribution in [1.82, 2.24) is 10.3 Å². The third kappa shape index (κ3) is 3.33. The van der Waals surface area contributed by atoms with Crippen LogP contribution < -0.4 is 5.32 Å². The Hall–Kier alpha value is -1.41. The topological polar surface area (TPSA) is 65.8 Å². The van der Waals surface area contributed by atoms with Gasteiger partial charge in [-0.2, -0.15) is 5.26 Å². The molecule has 0 fully saturated rings. The molecule has 15 heavy (non-hydrogen) atoms. The molecule has 1 amide bonds. The van der Waals surface area contributed by atoms with Gasteiger partial charge in [-0.3, -0.25) is 9.78 Å². The molecule has 0 radical (unpaired) electrons. The van der Waals surface area contributed by atoms with Crippen LogP contribution in [-0.4, -0.2) is 10.9 Å². The van der Waals surface area contributed by atoms with Gasteiger partial charge in [0.25, 0.3) is 0 Å². The summed E-state index contributed by atoms with van der Waals surface area (Å²) in [6.45, 7) is 4.18. The minimum Gasteiger partial charge on any atom is -0.350 e. The van der Waals surface area contributed by atoms with Crippen molar-refractivity contribution in [2.24, 2.45) is 11.8 Å². The van der Waals surface area contributed by atoms with Crippen molar-refractivity contribution in [2.45, 2.75) is 20.4 Å². The van der Waals surface area contributed by atoms with E-state index in [1.54, 1.807) is 11.7 Å². The Bertz CT molecular complexity index is 353. The smallest absolute Gasteiger partial charge is 0.237 e. The second-order valence-corrected chi connectivity index (χ2v) is 4.51. The van der Waals surface area contributed by atoms with E-state index in [-0.39, 0.29) is 11.8 Å². The molecule has 1 N–H and O–H groups in total. The second-order valence-electron chi connectivity index (χ2n) is 3.54. The lowest BCUT2D eigenvalue weighted by Gasteiger charge is -2.12. The first-order valence-corrected chi connectivity index (χ1v) is 5.57. The minimum absolute atomic E-state index is 0.0384. The van der Waals surface area contributed by atoms with Gasteiger partial charge < -0.3 is 5.32 Å². The van der Waals surface area contributed by atoms with E-state index < -0.39 is 5.92 Å². The Morgan fingerprint density at radius 3 is 2.93 bits per heavy atom. The lowest BCUT2D eigenvalue weighted by molar-refractivity contribution is -0.124. The molecule has 1 aromatic rings. The van der Waals surface area contributed by atoms with Gasteiger partial charge in [-0.1, -0.05) is 13.8 Å². The van der Waals surface area contributed by atoms with E-state index in [4.69, 9.17) is 5.26 Å². The van der Waals surface area contributed by atoms with E-state index in [2.05, 4.69) is 10.3 Å². The van der Waals surface area contributed by atoms with Crippen LogP contribution in [0.4, 0.5) is 0 Å². The van der Waals surface area contributed by atoms with Gasteiger partial charge in [0, 0.05) is 11.1 Å². The molecule has 0 aromatic carbocycles. The fourth-order valence-corrected chi connectivity index (χ4v) is 1.66. The normalized spacial score (nSPS) is 12.1. The van der Waals surface area contributed by atoms with E-state index in [0.29, 0.717) is 6.54 Å². The maximum absolute atomic E-state index is 11.6. The third-order valence-electron chi connectivity index (χ3n) is 2.01. The summed E-state index contributed by atoms with van der Waals surface area (Å²) < 4.78 is 0. The SMILES string of the molecule is CC(C)C(C#N)C(=O)NCc1cncs1. The number of thiazole rings is 1. The zero-order valence-corrected chi connectivity index (χ0v) is 9.54. The maximum atomic E-state index is 11.6. The highest BCUT2D eigenvalue weighted by molar-refractivity contribution is 7.09. The molecule has 1 rings (SSSR count). The number of hydrogen-bond donors (Lipinski definition) is 1. The van der Waals surface area contributed by atoms with E-state index in [0.717, 1.165) is 4.88 Å². The molecule has 0 saturated carbocycles. The number of nitrogens with one attached hydrogen (secondary N) is 1. The second kappa shape index (κ2) is 5.47. The highest BCUT2D eigenvalue weighted by atomic mass is 32.1. The summed E-state index contributed by atoms with van der Waals surface area (Å²) >= 11 is 1.48. The highest BCUT2D eigenvalue weighted by Crippen LogP contribution is 2.10. The Balaban J connectivity index is 2.46. The molecule has 1 aromatic heterocycles. The molecule has 0 spiro atoms. The number of nitrogens with zero attached hydrogens (tertiary/aromatic N) is 2. The first-order chi connectivity index (χ1) is 7.15. The van der Waals surface area contributed by atoms with Crippen LogP contribution in [0.1, 0.15) is 18.7 Å². The Morgan fingerprint density at radius 1 is 1.73 bits per heavy atom. The highest BCUT2D eigenvalue weighted by Gasteiger charge is 2.21. The molecule has 0 saturated heterocycles. The molecule has 5 heteroatoms. The molecule has 0 aliphatic carbocycles. The van der Waals surface area contributed by atoms with Crippen LogP contribution in [-0.2, 0) is 11.3 Å². The summed E-state index contributed by atoms with van der Waals surface area (Å²) in [6.07, 6.45) is 1.71. The zero-order valence-electron chi connectivity index (χ0n) is 8.73. The predicted molar refractivity (Wildman–Crippen MR) is 57.9 cm³/mol. The van der Waals surface area contributed by atoms with Crippen molar-refractivity contribution in [3.63, 3.8) is 0 Å². The van der Waals surface area contributed by atoms with Gasteiger partial charge in [0.15, 0.2) is 0 Å². The first kappa shape index (κ1) is 11.7. The molecule has 0 aliphatic rings. The summed E-state index contributed by atoms with van der Waals surface area (Å²) in [4.78, 5) is 16.5. The van der Waals surface area contributed by atoms with Gasteiger partial charge >= 0.3 is 0 Å². The fraction of sp³-hybridized carbons (Fsp3) is 0.500. The summed E-state index contributed by atoms with van der Waals surface area (Å²) in [5, 5.41) is 11.5. The van der Waals surface area contributed by atoms with Crippen LogP contribution in [0.2, 0.25) is 0 Å². The molecular weight excluding hydrogens is 210 g/mol. The Labute approximate surface area is 92.9 Å². The molecule has 1 heterocycles. The summed E-state index contributed by atoms with van der Waals surface area (Å²) in [7, 11) is 0.